The van der Waals surface area contributed by atoms with E-state index in [9.17, 15) is 0 Å². The van der Waals surface area contributed by atoms with Gasteiger partial charge in [0.1, 0.15) is 5.71 Å². The molecule has 1 heterocycles. The molecule has 1 aliphatic heterocycles. The van der Waals surface area contributed by atoms with Gasteiger partial charge in [-0.2, -0.15) is 0 Å². The maximum absolute atomic E-state index is 4.82. The third-order valence-electron chi connectivity index (χ3n) is 3.70. The monoisotopic (exact) mass is 375 g/mol. The molecule has 3 aromatic rings. The molecule has 3 aromatic carbocycles. The van der Waals surface area contributed by atoms with Crippen LogP contribution in [0.3, 0.4) is 0 Å². The molecule has 0 fully saturated rings. The number of benzene rings is 3. The number of fused-ring (bicyclic) bond motifs is 1. The second-order valence-electron chi connectivity index (χ2n) is 5.41. The molecule has 116 valence electrons. The summed E-state index contributed by atoms with van der Waals surface area (Å²) in [5.41, 5.74) is 4.69. The van der Waals surface area contributed by atoms with E-state index in [1.807, 2.05) is 72.8 Å². The molecule has 4 heteroatoms. The highest BCUT2D eigenvalue weighted by molar-refractivity contribution is 9.10. The molecule has 1 N–H and O–H groups in total. The van der Waals surface area contributed by atoms with Crippen molar-refractivity contribution in [2.24, 2.45) is 9.98 Å². The number of hydrogen-bond acceptors (Lipinski definition) is 3. The molecule has 0 saturated heterocycles. The minimum Gasteiger partial charge on any atom is -0.338 e. The van der Waals surface area contributed by atoms with Gasteiger partial charge < -0.3 is 5.32 Å². The van der Waals surface area contributed by atoms with Gasteiger partial charge in [0, 0.05) is 15.7 Å². The average Bonchev–Trinajstić information content (AvgIpc) is 2.94. The smallest absolute Gasteiger partial charge is 0.157 e. The van der Waals surface area contributed by atoms with Crippen LogP contribution in [0.5, 0.6) is 0 Å². The van der Waals surface area contributed by atoms with Crippen molar-refractivity contribution in [1.82, 2.24) is 0 Å². The number of rotatable bonds is 2. The highest BCUT2D eigenvalue weighted by atomic mass is 79.9. The Balaban J connectivity index is 1.79. The summed E-state index contributed by atoms with van der Waals surface area (Å²) in [6.07, 6.45) is 0. The molecule has 0 atom stereocenters. The van der Waals surface area contributed by atoms with Crippen molar-refractivity contribution in [3.63, 3.8) is 0 Å². The van der Waals surface area contributed by atoms with Gasteiger partial charge in [0.2, 0.25) is 0 Å². The van der Waals surface area contributed by atoms with E-state index >= 15 is 0 Å². The molecule has 0 aliphatic carbocycles. The summed E-state index contributed by atoms with van der Waals surface area (Å²) >= 11 is 3.54. The first kappa shape index (κ1) is 14.8. The lowest BCUT2D eigenvalue weighted by atomic mass is 10.1. The predicted molar refractivity (Wildman–Crippen MR) is 104 cm³/mol. The van der Waals surface area contributed by atoms with Gasteiger partial charge in [0.05, 0.1) is 11.4 Å². The first-order valence-electron chi connectivity index (χ1n) is 7.64. The Labute approximate surface area is 148 Å². The number of aliphatic imine (C=N–C) groups is 2. The number of nitrogens with one attached hydrogen (secondary N) is 1. The van der Waals surface area contributed by atoms with Crippen LogP contribution in [-0.4, -0.2) is 11.5 Å². The summed E-state index contributed by atoms with van der Waals surface area (Å²) in [6, 6.07) is 26.0. The van der Waals surface area contributed by atoms with Crippen LogP contribution < -0.4 is 5.32 Å². The molecule has 24 heavy (non-hydrogen) atoms. The normalized spacial score (nSPS) is 14.4. The summed E-state index contributed by atoms with van der Waals surface area (Å²) in [7, 11) is 0. The lowest BCUT2D eigenvalue weighted by molar-refractivity contribution is 1.50. The van der Waals surface area contributed by atoms with Crippen molar-refractivity contribution in [1.29, 1.82) is 0 Å². The van der Waals surface area contributed by atoms with Gasteiger partial charge in [-0.1, -0.05) is 52.3 Å². The molecule has 0 unspecified atom stereocenters. The predicted octanol–water partition coefficient (Wildman–Crippen LogP) is 5.73. The quantitative estimate of drug-likeness (QED) is 0.610. The zero-order valence-electron chi connectivity index (χ0n) is 12.8. The van der Waals surface area contributed by atoms with Crippen LogP contribution in [0, 0.1) is 0 Å². The van der Waals surface area contributed by atoms with E-state index < -0.39 is 0 Å². The molecular formula is C20H14BrN3. The van der Waals surface area contributed by atoms with Crippen LogP contribution >= 0.6 is 15.9 Å². The van der Waals surface area contributed by atoms with Gasteiger partial charge in [-0.15, -0.1) is 0 Å². The topological polar surface area (TPSA) is 36.8 Å². The Bertz CT molecular complexity index is 932. The van der Waals surface area contributed by atoms with Crippen molar-refractivity contribution < 1.29 is 0 Å². The Hall–Kier alpha value is -2.72. The third-order valence-corrected chi connectivity index (χ3v) is 4.20. The SMILES string of the molecule is Brc1ccc2c(c1)C(=Nc1ccccc1)C(Nc1ccccc1)=N2. The standard InChI is InChI=1S/C20H14BrN3/c21-14-11-12-18-17(13-14)19(22-15-7-3-1-4-8-15)20(24-18)23-16-9-5-2-6-10-16/h1-13H,(H,22,23,24). The molecule has 4 rings (SSSR count). The Kier molecular flexibility index (Phi) is 3.97. The first-order chi connectivity index (χ1) is 11.8. The summed E-state index contributed by atoms with van der Waals surface area (Å²) in [5.74, 6) is 0.762. The van der Waals surface area contributed by atoms with Crippen molar-refractivity contribution >= 4 is 44.5 Å². The van der Waals surface area contributed by atoms with Gasteiger partial charge in [0.25, 0.3) is 0 Å². The molecule has 0 saturated carbocycles. The molecule has 1 aliphatic rings. The molecule has 0 amide bonds. The van der Waals surface area contributed by atoms with Gasteiger partial charge >= 0.3 is 0 Å². The third kappa shape index (κ3) is 3.01. The highest BCUT2D eigenvalue weighted by Crippen LogP contribution is 2.31. The van der Waals surface area contributed by atoms with Crippen molar-refractivity contribution in [2.75, 3.05) is 5.32 Å². The zero-order chi connectivity index (χ0) is 16.4. The largest absolute Gasteiger partial charge is 0.338 e. The maximum atomic E-state index is 4.82. The zero-order valence-corrected chi connectivity index (χ0v) is 14.4. The number of amidine groups is 1. The van der Waals surface area contributed by atoms with Crippen molar-refractivity contribution in [2.45, 2.75) is 0 Å². The summed E-state index contributed by atoms with van der Waals surface area (Å²) in [6.45, 7) is 0. The van der Waals surface area contributed by atoms with E-state index in [-0.39, 0.29) is 0 Å². The van der Waals surface area contributed by atoms with E-state index in [1.54, 1.807) is 0 Å². The Morgan fingerprint density at radius 3 is 2.29 bits per heavy atom. The summed E-state index contributed by atoms with van der Waals surface area (Å²) in [4.78, 5) is 9.54. The minimum atomic E-state index is 0.762. The van der Waals surface area contributed by atoms with Gasteiger partial charge in [-0.3, -0.25) is 0 Å². The fourth-order valence-corrected chi connectivity index (χ4v) is 2.95. The number of halogens is 1. The van der Waals surface area contributed by atoms with E-state index in [2.05, 4.69) is 27.3 Å². The minimum absolute atomic E-state index is 0.762. The molecule has 0 bridgehead atoms. The van der Waals surface area contributed by atoms with Crippen molar-refractivity contribution in [3.05, 3.63) is 88.9 Å². The Morgan fingerprint density at radius 1 is 0.833 bits per heavy atom. The second kappa shape index (κ2) is 6.42. The van der Waals surface area contributed by atoms with Crippen LogP contribution in [0.15, 0.2) is 93.3 Å². The van der Waals surface area contributed by atoms with E-state index in [0.717, 1.165) is 38.6 Å². The fraction of sp³-hybridized carbons (Fsp3) is 0. The molecular weight excluding hydrogens is 362 g/mol. The lowest BCUT2D eigenvalue weighted by Gasteiger charge is -2.08. The average molecular weight is 376 g/mol. The van der Waals surface area contributed by atoms with Crippen LogP contribution in [-0.2, 0) is 0 Å². The number of anilines is 1. The van der Waals surface area contributed by atoms with Crippen LogP contribution in [0.4, 0.5) is 17.1 Å². The molecule has 3 nitrogen and oxygen atoms in total. The van der Waals surface area contributed by atoms with Crippen molar-refractivity contribution in [3.8, 4) is 0 Å². The maximum Gasteiger partial charge on any atom is 0.157 e. The first-order valence-corrected chi connectivity index (χ1v) is 8.44. The molecule has 0 spiro atoms. The lowest BCUT2D eigenvalue weighted by Crippen LogP contribution is -2.20. The van der Waals surface area contributed by atoms with Crippen LogP contribution in [0.1, 0.15) is 5.56 Å². The van der Waals surface area contributed by atoms with Crippen LogP contribution in [0.2, 0.25) is 0 Å². The Morgan fingerprint density at radius 2 is 1.54 bits per heavy atom. The number of nitrogens with zero attached hydrogens (tertiary/aromatic N) is 2. The number of hydrogen-bond donors (Lipinski definition) is 1. The van der Waals surface area contributed by atoms with Gasteiger partial charge in [-0.05, 0) is 42.5 Å². The van der Waals surface area contributed by atoms with Crippen LogP contribution in [0.25, 0.3) is 0 Å². The molecule has 0 radical (unpaired) electrons. The van der Waals surface area contributed by atoms with E-state index in [1.165, 1.54) is 0 Å². The van der Waals surface area contributed by atoms with Gasteiger partial charge in [-0.25, -0.2) is 9.98 Å². The highest BCUT2D eigenvalue weighted by Gasteiger charge is 2.23. The fourth-order valence-electron chi connectivity index (χ4n) is 2.59. The van der Waals surface area contributed by atoms with E-state index in [4.69, 9.17) is 9.98 Å². The number of para-hydroxylation sites is 2. The van der Waals surface area contributed by atoms with Gasteiger partial charge in [0.15, 0.2) is 5.84 Å². The molecule has 0 aromatic heterocycles. The second-order valence-corrected chi connectivity index (χ2v) is 6.32. The summed E-state index contributed by atoms with van der Waals surface area (Å²) in [5, 5.41) is 3.38. The van der Waals surface area contributed by atoms with E-state index in [0.29, 0.717) is 0 Å². The summed E-state index contributed by atoms with van der Waals surface area (Å²) < 4.78 is 1.01.